The zero-order valence-electron chi connectivity index (χ0n) is 14.4. The maximum absolute atomic E-state index is 12.5. The highest BCUT2D eigenvalue weighted by molar-refractivity contribution is 8.00. The highest BCUT2D eigenvalue weighted by Crippen LogP contribution is 2.32. The Hall–Kier alpha value is -2.39. The number of anilines is 1. The van der Waals surface area contributed by atoms with Crippen LogP contribution in [0.15, 0.2) is 52.9 Å². The molecule has 0 saturated heterocycles. The van der Waals surface area contributed by atoms with E-state index in [1.54, 1.807) is 25.3 Å². The highest BCUT2D eigenvalue weighted by atomic mass is 32.2. The Morgan fingerprint density at radius 3 is 2.63 bits per heavy atom. The Labute approximate surface area is 163 Å². The number of methoxy groups -OCH3 is 1. The lowest BCUT2D eigenvalue weighted by atomic mass is 10.2. The third-order valence-electron chi connectivity index (χ3n) is 3.55. The summed E-state index contributed by atoms with van der Waals surface area (Å²) in [6.45, 7) is -2.22. The molecule has 1 heterocycles. The molecule has 142 valence electrons. The van der Waals surface area contributed by atoms with Gasteiger partial charge in [-0.1, -0.05) is 53.4 Å². The van der Waals surface area contributed by atoms with Crippen LogP contribution in [0.4, 0.5) is 13.9 Å². The molecule has 0 radical (unpaired) electrons. The van der Waals surface area contributed by atoms with Crippen LogP contribution in [-0.4, -0.2) is 23.9 Å². The Kier molecular flexibility index (Phi) is 6.83. The van der Waals surface area contributed by atoms with E-state index in [0.29, 0.717) is 23.0 Å². The number of thioether (sulfide) groups is 1. The molecular weight excluding hydrogens is 392 g/mol. The van der Waals surface area contributed by atoms with Crippen LogP contribution in [-0.2, 0) is 12.3 Å². The van der Waals surface area contributed by atoms with Gasteiger partial charge in [0.1, 0.15) is 11.5 Å². The van der Waals surface area contributed by atoms with Crippen LogP contribution < -0.4 is 14.8 Å². The molecule has 0 amide bonds. The van der Waals surface area contributed by atoms with Crippen molar-refractivity contribution in [1.82, 2.24) is 10.2 Å². The van der Waals surface area contributed by atoms with Crippen molar-refractivity contribution < 1.29 is 18.3 Å². The topological polar surface area (TPSA) is 56.3 Å². The van der Waals surface area contributed by atoms with E-state index in [4.69, 9.17) is 4.74 Å². The van der Waals surface area contributed by atoms with Crippen LogP contribution in [0, 0.1) is 0 Å². The number of aromatic nitrogens is 2. The van der Waals surface area contributed by atoms with Crippen LogP contribution in [0.5, 0.6) is 11.5 Å². The van der Waals surface area contributed by atoms with E-state index in [-0.39, 0.29) is 5.75 Å². The lowest BCUT2D eigenvalue weighted by Gasteiger charge is -2.09. The lowest BCUT2D eigenvalue weighted by Crippen LogP contribution is -2.03. The standard InChI is InChI=1S/C18H17F2N3O2S2/c1-24-14-8-6-12(7-9-14)10-21-17-22-23-18(27-17)26-11-13-4-2-3-5-15(13)25-16(19)20/h2-9,16H,10-11H2,1H3,(H,21,22). The van der Waals surface area contributed by atoms with Gasteiger partial charge < -0.3 is 14.8 Å². The van der Waals surface area contributed by atoms with Crippen molar-refractivity contribution in [3.8, 4) is 11.5 Å². The number of benzene rings is 2. The van der Waals surface area contributed by atoms with Crippen LogP contribution >= 0.6 is 23.1 Å². The van der Waals surface area contributed by atoms with Gasteiger partial charge in [0.2, 0.25) is 5.13 Å². The molecule has 0 spiro atoms. The molecule has 2 aromatic carbocycles. The Morgan fingerprint density at radius 2 is 1.89 bits per heavy atom. The fourth-order valence-corrected chi connectivity index (χ4v) is 3.97. The summed E-state index contributed by atoms with van der Waals surface area (Å²) in [5, 5.41) is 12.2. The van der Waals surface area contributed by atoms with Gasteiger partial charge in [-0.25, -0.2) is 0 Å². The van der Waals surface area contributed by atoms with Gasteiger partial charge in [0.25, 0.3) is 0 Å². The molecule has 5 nitrogen and oxygen atoms in total. The second-order valence-corrected chi connectivity index (χ2v) is 7.55. The number of alkyl halides is 2. The smallest absolute Gasteiger partial charge is 0.387 e. The predicted octanol–water partition coefficient (Wildman–Crippen LogP) is 5.05. The molecule has 0 unspecified atom stereocenters. The molecule has 3 aromatic rings. The monoisotopic (exact) mass is 409 g/mol. The third-order valence-corrected chi connectivity index (χ3v) is 5.61. The summed E-state index contributed by atoms with van der Waals surface area (Å²) in [5.41, 5.74) is 1.78. The van der Waals surface area contributed by atoms with Crippen LogP contribution in [0.1, 0.15) is 11.1 Å². The number of nitrogens with one attached hydrogen (secondary N) is 1. The molecule has 0 fully saturated rings. The molecule has 1 aromatic heterocycles. The maximum Gasteiger partial charge on any atom is 0.387 e. The van der Waals surface area contributed by atoms with Crippen molar-refractivity contribution in [2.75, 3.05) is 12.4 Å². The summed E-state index contributed by atoms with van der Waals surface area (Å²) in [4.78, 5) is 0. The normalized spacial score (nSPS) is 10.8. The number of nitrogens with zero attached hydrogens (tertiary/aromatic N) is 2. The average Bonchev–Trinajstić information content (AvgIpc) is 3.13. The molecule has 0 aliphatic heterocycles. The zero-order valence-corrected chi connectivity index (χ0v) is 16.0. The Balaban J connectivity index is 1.53. The first-order valence-electron chi connectivity index (χ1n) is 8.00. The summed E-state index contributed by atoms with van der Waals surface area (Å²) in [7, 11) is 1.63. The van der Waals surface area contributed by atoms with Crippen molar-refractivity contribution >= 4 is 28.2 Å². The summed E-state index contributed by atoms with van der Waals surface area (Å²) < 4.78 is 35.4. The van der Waals surface area contributed by atoms with E-state index >= 15 is 0 Å². The SMILES string of the molecule is COc1ccc(CNc2nnc(SCc3ccccc3OC(F)F)s2)cc1. The largest absolute Gasteiger partial charge is 0.497 e. The second kappa shape index (κ2) is 9.52. The minimum Gasteiger partial charge on any atom is -0.497 e. The summed E-state index contributed by atoms with van der Waals surface area (Å²) in [6.07, 6.45) is 0. The fraction of sp³-hybridized carbons (Fsp3) is 0.222. The van der Waals surface area contributed by atoms with Crippen LogP contribution in [0.25, 0.3) is 0 Å². The molecule has 27 heavy (non-hydrogen) atoms. The first-order chi connectivity index (χ1) is 13.1. The molecule has 9 heteroatoms. The first-order valence-corrected chi connectivity index (χ1v) is 9.80. The zero-order chi connectivity index (χ0) is 19.1. The predicted molar refractivity (Wildman–Crippen MR) is 103 cm³/mol. The van der Waals surface area contributed by atoms with Gasteiger partial charge in [0.15, 0.2) is 4.34 Å². The minimum absolute atomic E-state index is 0.183. The third kappa shape index (κ3) is 5.80. The number of hydrogen-bond acceptors (Lipinski definition) is 7. The highest BCUT2D eigenvalue weighted by Gasteiger charge is 2.11. The summed E-state index contributed by atoms with van der Waals surface area (Å²) >= 11 is 2.84. The van der Waals surface area contributed by atoms with E-state index in [2.05, 4.69) is 20.3 Å². The van der Waals surface area contributed by atoms with Gasteiger partial charge in [-0.3, -0.25) is 0 Å². The van der Waals surface area contributed by atoms with E-state index < -0.39 is 6.61 Å². The van der Waals surface area contributed by atoms with Gasteiger partial charge >= 0.3 is 6.61 Å². The molecule has 3 rings (SSSR count). The quantitative estimate of drug-likeness (QED) is 0.499. The average molecular weight is 409 g/mol. The Bertz CT molecular complexity index is 860. The number of para-hydroxylation sites is 1. The number of rotatable bonds is 9. The van der Waals surface area contributed by atoms with Crippen LogP contribution in [0.3, 0.4) is 0 Å². The minimum atomic E-state index is -2.84. The first kappa shape index (κ1) is 19.4. The van der Waals surface area contributed by atoms with Crippen molar-refractivity contribution in [3.63, 3.8) is 0 Å². The molecule has 0 bridgehead atoms. The fourth-order valence-electron chi connectivity index (χ4n) is 2.23. The molecule has 0 atom stereocenters. The number of hydrogen-bond donors (Lipinski definition) is 1. The summed E-state index contributed by atoms with van der Waals surface area (Å²) in [5.74, 6) is 1.46. The van der Waals surface area contributed by atoms with Crippen molar-refractivity contribution in [1.29, 1.82) is 0 Å². The van der Waals surface area contributed by atoms with E-state index in [1.807, 2.05) is 24.3 Å². The molecular formula is C18H17F2N3O2S2. The van der Waals surface area contributed by atoms with Gasteiger partial charge in [0, 0.05) is 17.9 Å². The van der Waals surface area contributed by atoms with Crippen molar-refractivity contribution in [2.45, 2.75) is 23.2 Å². The van der Waals surface area contributed by atoms with E-state index in [9.17, 15) is 8.78 Å². The van der Waals surface area contributed by atoms with Crippen molar-refractivity contribution in [3.05, 3.63) is 59.7 Å². The maximum atomic E-state index is 12.5. The summed E-state index contributed by atoms with van der Waals surface area (Å²) in [6, 6.07) is 14.5. The van der Waals surface area contributed by atoms with Gasteiger partial charge in [-0.15, -0.1) is 10.2 Å². The number of ether oxygens (including phenoxy) is 2. The number of halogens is 2. The Morgan fingerprint density at radius 1 is 1.11 bits per heavy atom. The van der Waals surface area contributed by atoms with Crippen LogP contribution in [0.2, 0.25) is 0 Å². The molecule has 0 saturated carbocycles. The van der Waals surface area contributed by atoms with Gasteiger partial charge in [0.05, 0.1) is 7.11 Å². The second-order valence-electron chi connectivity index (χ2n) is 5.35. The van der Waals surface area contributed by atoms with E-state index in [0.717, 1.165) is 15.7 Å². The lowest BCUT2D eigenvalue weighted by molar-refractivity contribution is -0.0503. The van der Waals surface area contributed by atoms with E-state index in [1.165, 1.54) is 29.2 Å². The molecule has 0 aliphatic rings. The van der Waals surface area contributed by atoms with Gasteiger partial charge in [-0.05, 0) is 23.8 Å². The molecule has 0 aliphatic carbocycles. The van der Waals surface area contributed by atoms with Gasteiger partial charge in [-0.2, -0.15) is 8.78 Å². The molecule has 1 N–H and O–H groups in total. The van der Waals surface area contributed by atoms with Crippen molar-refractivity contribution in [2.24, 2.45) is 0 Å².